The molecule has 0 fully saturated rings. The third kappa shape index (κ3) is 6.89. The van der Waals surface area contributed by atoms with Crippen LogP contribution in [-0.2, 0) is 6.54 Å². The molecule has 6 N–H and O–H groups in total. The fraction of sp³-hybridized carbons (Fsp3) is 0.643. The zero-order valence-electron chi connectivity index (χ0n) is 12.7. The number of anilines is 1. The predicted molar refractivity (Wildman–Crippen MR) is 86.1 cm³/mol. The molecule has 1 rings (SSSR count). The normalized spacial score (nSPS) is 13.3. The Labute approximate surface area is 125 Å². The summed E-state index contributed by atoms with van der Waals surface area (Å²) in [4.78, 5) is 19.5. The van der Waals surface area contributed by atoms with Gasteiger partial charge in [0.15, 0.2) is 0 Å². The number of nitrogen functional groups attached to an aromatic ring is 1. The largest absolute Gasteiger partial charge is 0.387 e. The minimum Gasteiger partial charge on any atom is -0.387 e. The van der Waals surface area contributed by atoms with Crippen LogP contribution in [0.3, 0.4) is 0 Å². The Hall–Kier alpha value is -1.89. The highest BCUT2D eigenvalue weighted by Gasteiger charge is 2.03. The van der Waals surface area contributed by atoms with Crippen LogP contribution in [0.5, 0.6) is 0 Å². The molecule has 1 aromatic rings. The van der Waals surface area contributed by atoms with Crippen molar-refractivity contribution in [3.05, 3.63) is 22.7 Å². The minimum absolute atomic E-state index is 0.125. The molecule has 0 bridgehead atoms. The number of amidine groups is 1. The summed E-state index contributed by atoms with van der Waals surface area (Å²) in [5.74, 6) is 0.943. The Kier molecular flexibility index (Phi) is 7.45. The molecule has 7 nitrogen and oxygen atoms in total. The van der Waals surface area contributed by atoms with Gasteiger partial charge in [0.25, 0.3) is 0 Å². The van der Waals surface area contributed by atoms with Crippen LogP contribution in [0, 0.1) is 0 Å². The van der Waals surface area contributed by atoms with E-state index in [1.165, 1.54) is 0 Å². The smallest absolute Gasteiger partial charge is 0.349 e. The standard InChI is InChI=1S/C14H26N6O/c1-2-12(16)18-8-3-5-11(15)6-4-9-20-10-7-13(17)19-14(20)21/h7,10-11H,2-6,8-9,15H2,1H3,(H2,16,18)(H2,17,19,21). The molecule has 21 heavy (non-hydrogen) atoms. The van der Waals surface area contributed by atoms with Crippen LogP contribution in [0.2, 0.25) is 0 Å². The van der Waals surface area contributed by atoms with Crippen molar-refractivity contribution in [3.63, 3.8) is 0 Å². The lowest BCUT2D eigenvalue weighted by Gasteiger charge is -2.11. The van der Waals surface area contributed by atoms with Crippen molar-refractivity contribution in [2.45, 2.75) is 51.6 Å². The molecule has 0 spiro atoms. The summed E-state index contributed by atoms with van der Waals surface area (Å²) >= 11 is 0. The van der Waals surface area contributed by atoms with E-state index in [9.17, 15) is 4.79 Å². The fourth-order valence-corrected chi connectivity index (χ4v) is 1.97. The first-order chi connectivity index (χ1) is 10.0. The van der Waals surface area contributed by atoms with E-state index in [-0.39, 0.29) is 17.5 Å². The first kappa shape index (κ1) is 17.2. The fourth-order valence-electron chi connectivity index (χ4n) is 1.97. The van der Waals surface area contributed by atoms with Crippen LogP contribution >= 0.6 is 0 Å². The Morgan fingerprint density at radius 2 is 2.14 bits per heavy atom. The molecule has 118 valence electrons. The summed E-state index contributed by atoms with van der Waals surface area (Å²) in [6, 6.07) is 1.75. The summed E-state index contributed by atoms with van der Waals surface area (Å²) in [6.45, 7) is 3.33. The van der Waals surface area contributed by atoms with Gasteiger partial charge < -0.3 is 17.2 Å². The number of hydrogen-bond acceptors (Lipinski definition) is 5. The maximum atomic E-state index is 11.5. The highest BCUT2D eigenvalue weighted by molar-refractivity contribution is 5.79. The number of nitrogens with two attached hydrogens (primary N) is 3. The van der Waals surface area contributed by atoms with Crippen molar-refractivity contribution in [2.24, 2.45) is 16.5 Å². The number of hydrogen-bond donors (Lipinski definition) is 3. The molecule has 0 saturated heterocycles. The molecule has 1 heterocycles. The highest BCUT2D eigenvalue weighted by Crippen LogP contribution is 2.04. The van der Waals surface area contributed by atoms with Crippen molar-refractivity contribution < 1.29 is 0 Å². The van der Waals surface area contributed by atoms with Gasteiger partial charge in [-0.2, -0.15) is 4.98 Å². The van der Waals surface area contributed by atoms with Gasteiger partial charge in [0.1, 0.15) is 5.82 Å². The van der Waals surface area contributed by atoms with Crippen LogP contribution in [0.4, 0.5) is 5.82 Å². The molecule has 1 atom stereocenters. The lowest BCUT2D eigenvalue weighted by molar-refractivity contribution is 0.493. The van der Waals surface area contributed by atoms with Crippen LogP contribution in [-0.4, -0.2) is 28.0 Å². The molecule has 0 aliphatic rings. The molecule has 0 radical (unpaired) electrons. The minimum atomic E-state index is -0.312. The molecule has 7 heteroatoms. The van der Waals surface area contributed by atoms with E-state index in [1.807, 2.05) is 6.92 Å². The molecule has 0 aliphatic carbocycles. The van der Waals surface area contributed by atoms with E-state index >= 15 is 0 Å². The quantitative estimate of drug-likeness (QED) is 0.347. The Balaban J connectivity index is 2.21. The Morgan fingerprint density at radius 3 is 2.81 bits per heavy atom. The number of nitrogens with zero attached hydrogens (tertiary/aromatic N) is 3. The summed E-state index contributed by atoms with van der Waals surface area (Å²) in [6.07, 6.45) is 6.01. The maximum Gasteiger partial charge on any atom is 0.349 e. The SMILES string of the molecule is CCC(N)=NCCCC(N)CCCn1ccc(N)nc1=O. The summed E-state index contributed by atoms with van der Waals surface area (Å²) in [5, 5.41) is 0. The van der Waals surface area contributed by atoms with E-state index in [0.717, 1.165) is 38.6 Å². The van der Waals surface area contributed by atoms with Gasteiger partial charge in [0.2, 0.25) is 0 Å². The number of aliphatic imine (C=N–C) groups is 1. The molecule has 0 amide bonds. The summed E-state index contributed by atoms with van der Waals surface area (Å²) < 4.78 is 1.55. The third-order valence-electron chi connectivity index (χ3n) is 3.28. The van der Waals surface area contributed by atoms with Gasteiger partial charge in [0, 0.05) is 31.7 Å². The van der Waals surface area contributed by atoms with Crippen molar-refractivity contribution in [1.82, 2.24) is 9.55 Å². The lowest BCUT2D eigenvalue weighted by atomic mass is 10.1. The first-order valence-electron chi connectivity index (χ1n) is 7.40. The van der Waals surface area contributed by atoms with Crippen molar-refractivity contribution in [1.29, 1.82) is 0 Å². The zero-order valence-corrected chi connectivity index (χ0v) is 12.7. The second kappa shape index (κ2) is 9.12. The van der Waals surface area contributed by atoms with Crippen LogP contribution in [0.25, 0.3) is 0 Å². The predicted octanol–water partition coefficient (Wildman–Crippen LogP) is 0.480. The molecule has 1 aromatic heterocycles. The van der Waals surface area contributed by atoms with Crippen LogP contribution in [0.15, 0.2) is 22.1 Å². The van der Waals surface area contributed by atoms with Gasteiger partial charge in [0.05, 0.1) is 5.84 Å². The van der Waals surface area contributed by atoms with Gasteiger partial charge in [-0.3, -0.25) is 9.56 Å². The summed E-state index contributed by atoms with van der Waals surface area (Å²) in [5.41, 5.74) is 16.8. The maximum absolute atomic E-state index is 11.5. The Bertz CT molecular complexity index is 510. The second-order valence-corrected chi connectivity index (χ2v) is 5.10. The third-order valence-corrected chi connectivity index (χ3v) is 3.28. The van der Waals surface area contributed by atoms with Gasteiger partial charge in [-0.25, -0.2) is 4.79 Å². The van der Waals surface area contributed by atoms with E-state index in [0.29, 0.717) is 12.4 Å². The van der Waals surface area contributed by atoms with Crippen molar-refractivity contribution in [2.75, 3.05) is 12.3 Å². The lowest BCUT2D eigenvalue weighted by Crippen LogP contribution is -2.25. The average Bonchev–Trinajstić information content (AvgIpc) is 2.45. The van der Waals surface area contributed by atoms with Gasteiger partial charge in [-0.1, -0.05) is 6.92 Å². The van der Waals surface area contributed by atoms with E-state index in [2.05, 4.69) is 9.98 Å². The topological polar surface area (TPSA) is 125 Å². The molecule has 0 aliphatic heterocycles. The number of aryl methyl sites for hydroxylation is 1. The summed E-state index contributed by atoms with van der Waals surface area (Å²) in [7, 11) is 0. The molecular formula is C14H26N6O. The van der Waals surface area contributed by atoms with Crippen molar-refractivity contribution in [3.8, 4) is 0 Å². The zero-order chi connectivity index (χ0) is 15.7. The highest BCUT2D eigenvalue weighted by atomic mass is 16.1. The molecular weight excluding hydrogens is 268 g/mol. The first-order valence-corrected chi connectivity index (χ1v) is 7.40. The van der Waals surface area contributed by atoms with Gasteiger partial charge in [-0.05, 0) is 31.7 Å². The van der Waals surface area contributed by atoms with Crippen LogP contribution in [0.1, 0.15) is 39.0 Å². The Morgan fingerprint density at radius 1 is 1.43 bits per heavy atom. The van der Waals surface area contributed by atoms with Crippen molar-refractivity contribution >= 4 is 11.7 Å². The average molecular weight is 294 g/mol. The monoisotopic (exact) mass is 294 g/mol. The van der Waals surface area contributed by atoms with Crippen LogP contribution < -0.4 is 22.9 Å². The van der Waals surface area contributed by atoms with Gasteiger partial charge >= 0.3 is 5.69 Å². The van der Waals surface area contributed by atoms with Gasteiger partial charge in [-0.15, -0.1) is 0 Å². The van der Waals surface area contributed by atoms with E-state index in [1.54, 1.807) is 16.8 Å². The number of aromatic nitrogens is 2. The number of rotatable bonds is 9. The molecule has 1 unspecified atom stereocenters. The van der Waals surface area contributed by atoms with E-state index < -0.39 is 0 Å². The molecule has 0 saturated carbocycles. The van der Waals surface area contributed by atoms with E-state index in [4.69, 9.17) is 17.2 Å². The molecule has 0 aromatic carbocycles. The second-order valence-electron chi connectivity index (χ2n) is 5.10.